The van der Waals surface area contributed by atoms with Gasteiger partial charge in [0.1, 0.15) is 0 Å². The van der Waals surface area contributed by atoms with Crippen LogP contribution in [0.1, 0.15) is 25.7 Å². The Kier molecular flexibility index (Phi) is 5.24. The Balaban J connectivity index is 0.00000169. The first kappa shape index (κ1) is 17.8. The molecular formula is C16H23ClN2O4S. The number of ether oxygens (including phenoxy) is 2. The summed E-state index contributed by atoms with van der Waals surface area (Å²) in [5, 5.41) is 3.34. The molecule has 3 heterocycles. The van der Waals surface area contributed by atoms with Crippen LogP contribution >= 0.6 is 12.4 Å². The van der Waals surface area contributed by atoms with E-state index in [1.807, 2.05) is 0 Å². The molecule has 0 radical (unpaired) electrons. The molecule has 0 amide bonds. The van der Waals surface area contributed by atoms with Gasteiger partial charge in [0.25, 0.3) is 0 Å². The van der Waals surface area contributed by atoms with Crippen molar-refractivity contribution in [2.75, 3.05) is 26.3 Å². The molecule has 2 bridgehead atoms. The number of rotatable bonds is 2. The summed E-state index contributed by atoms with van der Waals surface area (Å²) in [6, 6.07) is 5.14. The summed E-state index contributed by atoms with van der Waals surface area (Å²) in [6.45, 7) is 2.77. The highest BCUT2D eigenvalue weighted by Crippen LogP contribution is 2.37. The largest absolute Gasteiger partial charge is 0.490 e. The fourth-order valence-electron chi connectivity index (χ4n) is 3.76. The van der Waals surface area contributed by atoms with E-state index in [2.05, 4.69) is 5.32 Å². The standard InChI is InChI=1S/C16H22N2O4S.ClH/c19-23(20,18-12-2-3-13(18)11-17-7-6-12)14-4-5-15-16(10-14)22-9-1-8-21-15;/h4-5,10,12-13,17H,1-3,6-9,11H2;1H. The number of nitrogens with zero attached hydrogens (tertiary/aromatic N) is 1. The van der Waals surface area contributed by atoms with Crippen LogP contribution in [0.15, 0.2) is 23.1 Å². The van der Waals surface area contributed by atoms with Crippen LogP contribution in [0.3, 0.4) is 0 Å². The lowest BCUT2D eigenvalue weighted by atomic mass is 10.1. The van der Waals surface area contributed by atoms with Gasteiger partial charge in [0.15, 0.2) is 11.5 Å². The molecule has 2 saturated heterocycles. The molecule has 1 N–H and O–H groups in total. The number of fused-ring (bicyclic) bond motifs is 3. The van der Waals surface area contributed by atoms with E-state index in [4.69, 9.17) is 9.47 Å². The van der Waals surface area contributed by atoms with E-state index >= 15 is 0 Å². The van der Waals surface area contributed by atoms with Gasteiger partial charge in [-0.3, -0.25) is 0 Å². The number of hydrogen-bond acceptors (Lipinski definition) is 5. The second kappa shape index (κ2) is 7.07. The van der Waals surface area contributed by atoms with Crippen molar-refractivity contribution in [3.63, 3.8) is 0 Å². The minimum Gasteiger partial charge on any atom is -0.490 e. The lowest BCUT2D eigenvalue weighted by Gasteiger charge is -2.27. The summed E-state index contributed by atoms with van der Waals surface area (Å²) >= 11 is 0. The first-order valence-corrected chi connectivity index (χ1v) is 9.74. The Morgan fingerprint density at radius 2 is 1.79 bits per heavy atom. The fraction of sp³-hybridized carbons (Fsp3) is 0.625. The lowest BCUT2D eigenvalue weighted by Crippen LogP contribution is -2.42. The molecule has 2 unspecified atom stereocenters. The zero-order valence-electron chi connectivity index (χ0n) is 13.4. The van der Waals surface area contributed by atoms with Crippen molar-refractivity contribution in [2.24, 2.45) is 0 Å². The Labute approximate surface area is 149 Å². The van der Waals surface area contributed by atoms with Crippen molar-refractivity contribution >= 4 is 22.4 Å². The molecular weight excluding hydrogens is 352 g/mol. The topological polar surface area (TPSA) is 67.9 Å². The molecule has 0 spiro atoms. The molecule has 2 fully saturated rings. The average Bonchev–Trinajstić information content (AvgIpc) is 2.70. The molecule has 3 aliphatic rings. The smallest absolute Gasteiger partial charge is 0.243 e. The second-order valence-electron chi connectivity index (χ2n) is 6.37. The van der Waals surface area contributed by atoms with Gasteiger partial charge in [0.2, 0.25) is 10.0 Å². The first-order valence-electron chi connectivity index (χ1n) is 8.30. The van der Waals surface area contributed by atoms with Crippen molar-refractivity contribution in [2.45, 2.75) is 42.7 Å². The molecule has 24 heavy (non-hydrogen) atoms. The molecule has 0 saturated carbocycles. The highest BCUT2D eigenvalue weighted by Gasteiger charge is 2.43. The Morgan fingerprint density at radius 1 is 1.04 bits per heavy atom. The van der Waals surface area contributed by atoms with Crippen molar-refractivity contribution in [1.29, 1.82) is 0 Å². The summed E-state index contributed by atoms with van der Waals surface area (Å²) in [4.78, 5) is 0.306. The van der Waals surface area contributed by atoms with Gasteiger partial charge in [-0.25, -0.2) is 8.42 Å². The van der Waals surface area contributed by atoms with Crippen LogP contribution in [0.2, 0.25) is 0 Å². The summed E-state index contributed by atoms with van der Waals surface area (Å²) in [5.41, 5.74) is 0. The lowest BCUT2D eigenvalue weighted by molar-refractivity contribution is 0.296. The molecule has 8 heteroatoms. The van der Waals surface area contributed by atoms with Crippen LogP contribution in [0, 0.1) is 0 Å². The Hall–Kier alpha value is -1.02. The van der Waals surface area contributed by atoms with E-state index < -0.39 is 10.0 Å². The van der Waals surface area contributed by atoms with Gasteiger partial charge in [0.05, 0.1) is 18.1 Å². The molecule has 1 aromatic carbocycles. The number of hydrogen-bond donors (Lipinski definition) is 1. The maximum atomic E-state index is 13.2. The van der Waals surface area contributed by atoms with E-state index in [1.165, 1.54) is 0 Å². The predicted octanol–water partition coefficient (Wildman–Crippen LogP) is 1.78. The van der Waals surface area contributed by atoms with Crippen LogP contribution < -0.4 is 14.8 Å². The predicted molar refractivity (Wildman–Crippen MR) is 92.6 cm³/mol. The van der Waals surface area contributed by atoms with Crippen LogP contribution in [-0.2, 0) is 10.0 Å². The normalized spacial score (nSPS) is 27.0. The Morgan fingerprint density at radius 3 is 2.62 bits per heavy atom. The van der Waals surface area contributed by atoms with Crippen LogP contribution in [-0.4, -0.2) is 51.1 Å². The van der Waals surface area contributed by atoms with Crippen LogP contribution in [0.4, 0.5) is 0 Å². The molecule has 2 atom stereocenters. The monoisotopic (exact) mass is 374 g/mol. The third kappa shape index (κ3) is 3.10. The van der Waals surface area contributed by atoms with Crippen molar-refractivity contribution in [3.05, 3.63) is 18.2 Å². The third-order valence-corrected chi connectivity index (χ3v) is 6.88. The van der Waals surface area contributed by atoms with Crippen molar-refractivity contribution < 1.29 is 17.9 Å². The fourth-order valence-corrected chi connectivity index (χ4v) is 5.67. The molecule has 4 rings (SSSR count). The SMILES string of the molecule is Cl.O=S(=O)(c1ccc2c(c1)OCCCO2)N1C2CCNCC1CC2. The van der Waals surface area contributed by atoms with Gasteiger partial charge in [-0.05, 0) is 37.9 Å². The zero-order chi connectivity index (χ0) is 15.9. The van der Waals surface area contributed by atoms with Gasteiger partial charge in [-0.15, -0.1) is 12.4 Å². The summed E-state index contributed by atoms with van der Waals surface area (Å²) in [7, 11) is -3.51. The van der Waals surface area contributed by atoms with E-state index in [9.17, 15) is 8.42 Å². The zero-order valence-corrected chi connectivity index (χ0v) is 15.1. The highest BCUT2D eigenvalue weighted by atomic mass is 35.5. The molecule has 0 aliphatic carbocycles. The number of nitrogens with one attached hydrogen (secondary N) is 1. The first-order chi connectivity index (χ1) is 11.2. The molecule has 1 aromatic rings. The summed E-state index contributed by atoms with van der Waals surface area (Å²) in [5.74, 6) is 1.16. The average molecular weight is 375 g/mol. The number of benzene rings is 1. The molecule has 134 valence electrons. The molecule has 0 aromatic heterocycles. The van der Waals surface area contributed by atoms with Crippen LogP contribution in [0.5, 0.6) is 11.5 Å². The van der Waals surface area contributed by atoms with Crippen molar-refractivity contribution in [1.82, 2.24) is 9.62 Å². The van der Waals surface area contributed by atoms with Gasteiger partial charge < -0.3 is 14.8 Å². The summed E-state index contributed by atoms with van der Waals surface area (Å²) in [6.07, 6.45) is 3.57. The minimum absolute atomic E-state index is 0. The molecule has 6 nitrogen and oxygen atoms in total. The third-order valence-electron chi connectivity index (χ3n) is 4.88. The van der Waals surface area contributed by atoms with E-state index in [0.717, 1.165) is 38.8 Å². The van der Waals surface area contributed by atoms with Gasteiger partial charge in [-0.2, -0.15) is 4.31 Å². The maximum Gasteiger partial charge on any atom is 0.243 e. The minimum atomic E-state index is -3.51. The van der Waals surface area contributed by atoms with Gasteiger partial charge in [0, 0.05) is 31.1 Å². The quantitative estimate of drug-likeness (QED) is 0.854. The maximum absolute atomic E-state index is 13.2. The summed E-state index contributed by atoms with van der Waals surface area (Å²) < 4.78 is 39.3. The van der Waals surface area contributed by atoms with Gasteiger partial charge in [-0.1, -0.05) is 0 Å². The van der Waals surface area contributed by atoms with Crippen molar-refractivity contribution in [3.8, 4) is 11.5 Å². The second-order valence-corrected chi connectivity index (χ2v) is 8.21. The van der Waals surface area contributed by atoms with E-state index in [1.54, 1.807) is 22.5 Å². The van der Waals surface area contributed by atoms with Crippen LogP contribution in [0.25, 0.3) is 0 Å². The number of sulfonamides is 1. The van der Waals surface area contributed by atoms with E-state index in [-0.39, 0.29) is 24.5 Å². The van der Waals surface area contributed by atoms with E-state index in [0.29, 0.717) is 29.6 Å². The van der Waals surface area contributed by atoms with Gasteiger partial charge >= 0.3 is 0 Å². The Bertz CT molecular complexity index is 683. The highest BCUT2D eigenvalue weighted by molar-refractivity contribution is 7.89. The molecule has 3 aliphatic heterocycles. The number of halogens is 1.